The number of unbranched alkanes of at least 4 members (excludes halogenated alkanes) is 1. The van der Waals surface area contributed by atoms with E-state index in [1.54, 1.807) is 0 Å². The Kier molecular flexibility index (Phi) is 4.42. The van der Waals surface area contributed by atoms with Gasteiger partial charge in [-0.25, -0.2) is 13.2 Å². The number of nitrogens with one attached hydrogen (secondary N) is 1. The van der Waals surface area contributed by atoms with Crippen molar-refractivity contribution >= 4 is 5.69 Å². The third kappa shape index (κ3) is 3.13. The average molecular weight is 219 g/mol. The number of hydrogen-bond acceptors (Lipinski definition) is 2. The lowest BCUT2D eigenvalue weighted by Gasteiger charge is -2.07. The van der Waals surface area contributed by atoms with Crippen LogP contribution >= 0.6 is 0 Å². The van der Waals surface area contributed by atoms with Gasteiger partial charge >= 0.3 is 0 Å². The molecule has 5 heteroatoms. The Hall–Kier alpha value is -1.23. The highest BCUT2D eigenvalue weighted by atomic mass is 19.2. The Morgan fingerprint density at radius 2 is 1.80 bits per heavy atom. The minimum atomic E-state index is -1.47. The van der Waals surface area contributed by atoms with Gasteiger partial charge in [-0.2, -0.15) is 0 Å². The molecule has 0 radical (unpaired) electrons. The fourth-order valence-electron chi connectivity index (χ4n) is 1.12. The normalized spacial score (nSPS) is 10.4. The van der Waals surface area contributed by atoms with E-state index in [0.717, 1.165) is 12.1 Å². The predicted molar refractivity (Wildman–Crippen MR) is 51.1 cm³/mol. The van der Waals surface area contributed by atoms with Crippen LogP contribution in [0, 0.1) is 17.5 Å². The van der Waals surface area contributed by atoms with Crippen molar-refractivity contribution in [3.05, 3.63) is 29.6 Å². The molecule has 0 aromatic heterocycles. The van der Waals surface area contributed by atoms with Crippen molar-refractivity contribution in [3.63, 3.8) is 0 Å². The molecule has 1 aromatic rings. The van der Waals surface area contributed by atoms with Crippen LogP contribution in [0.15, 0.2) is 12.1 Å². The van der Waals surface area contributed by atoms with Gasteiger partial charge in [0.15, 0.2) is 17.5 Å². The fourth-order valence-corrected chi connectivity index (χ4v) is 1.12. The second kappa shape index (κ2) is 5.60. The third-order valence-electron chi connectivity index (χ3n) is 1.94. The first-order valence-electron chi connectivity index (χ1n) is 4.65. The average Bonchev–Trinajstić information content (AvgIpc) is 2.24. The summed E-state index contributed by atoms with van der Waals surface area (Å²) in [5.41, 5.74) is -0.0631. The van der Waals surface area contributed by atoms with E-state index in [-0.39, 0.29) is 12.3 Å². The summed E-state index contributed by atoms with van der Waals surface area (Å²) in [7, 11) is 0. The van der Waals surface area contributed by atoms with Crippen LogP contribution in [0.2, 0.25) is 0 Å². The molecule has 1 aromatic carbocycles. The zero-order chi connectivity index (χ0) is 11.3. The van der Waals surface area contributed by atoms with E-state index in [1.165, 1.54) is 0 Å². The molecule has 0 aliphatic carbocycles. The molecule has 0 aliphatic heterocycles. The number of aliphatic hydroxyl groups excluding tert-OH is 1. The highest BCUT2D eigenvalue weighted by Gasteiger charge is 2.12. The maximum Gasteiger partial charge on any atom is 0.196 e. The van der Waals surface area contributed by atoms with Gasteiger partial charge in [0.2, 0.25) is 0 Å². The summed E-state index contributed by atoms with van der Waals surface area (Å²) in [6.07, 6.45) is 1.22. The van der Waals surface area contributed by atoms with E-state index in [1.807, 2.05) is 0 Å². The Balaban J connectivity index is 2.58. The second-order valence-electron chi connectivity index (χ2n) is 3.08. The van der Waals surface area contributed by atoms with Crippen LogP contribution in [-0.2, 0) is 0 Å². The molecular weight excluding hydrogens is 207 g/mol. The number of halogens is 3. The number of hydrogen-bond donors (Lipinski definition) is 2. The van der Waals surface area contributed by atoms with Crippen LogP contribution in [0.4, 0.5) is 18.9 Å². The minimum absolute atomic E-state index is 0.0575. The first-order chi connectivity index (χ1) is 7.16. The quantitative estimate of drug-likeness (QED) is 0.588. The standard InChI is InChI=1S/C10H12F3NO/c11-7-3-4-8(10(13)9(7)12)14-5-1-2-6-15/h3-4,14-15H,1-2,5-6H2. The van der Waals surface area contributed by atoms with E-state index in [0.29, 0.717) is 19.4 Å². The molecule has 84 valence electrons. The maximum absolute atomic E-state index is 13.0. The highest BCUT2D eigenvalue weighted by Crippen LogP contribution is 2.19. The van der Waals surface area contributed by atoms with Crippen molar-refractivity contribution in [1.82, 2.24) is 0 Å². The van der Waals surface area contributed by atoms with Gasteiger partial charge in [-0.3, -0.25) is 0 Å². The fraction of sp³-hybridized carbons (Fsp3) is 0.400. The second-order valence-corrected chi connectivity index (χ2v) is 3.08. The Morgan fingerprint density at radius 1 is 1.07 bits per heavy atom. The molecule has 0 spiro atoms. The summed E-state index contributed by atoms with van der Waals surface area (Å²) in [5, 5.41) is 11.1. The van der Waals surface area contributed by atoms with Crippen LogP contribution in [0.1, 0.15) is 12.8 Å². The summed E-state index contributed by atoms with van der Waals surface area (Å²) >= 11 is 0. The van der Waals surface area contributed by atoms with E-state index in [2.05, 4.69) is 5.32 Å². The third-order valence-corrected chi connectivity index (χ3v) is 1.94. The largest absolute Gasteiger partial charge is 0.396 e. The van der Waals surface area contributed by atoms with Gasteiger partial charge in [0, 0.05) is 13.2 Å². The van der Waals surface area contributed by atoms with E-state index in [4.69, 9.17) is 5.11 Å². The molecular formula is C10H12F3NO. The summed E-state index contributed by atoms with van der Waals surface area (Å²) in [5.74, 6) is -3.88. The van der Waals surface area contributed by atoms with E-state index in [9.17, 15) is 13.2 Å². The van der Waals surface area contributed by atoms with Crippen molar-refractivity contribution in [2.75, 3.05) is 18.5 Å². The molecule has 2 nitrogen and oxygen atoms in total. The monoisotopic (exact) mass is 219 g/mol. The van der Waals surface area contributed by atoms with Crippen LogP contribution in [0.25, 0.3) is 0 Å². The number of benzene rings is 1. The number of anilines is 1. The molecule has 1 rings (SSSR count). The van der Waals surface area contributed by atoms with Gasteiger partial charge < -0.3 is 10.4 Å². The predicted octanol–water partition coefficient (Wildman–Crippen LogP) is 2.29. The highest BCUT2D eigenvalue weighted by molar-refractivity contribution is 5.45. The molecule has 0 unspecified atom stereocenters. The van der Waals surface area contributed by atoms with Crippen LogP contribution in [0.5, 0.6) is 0 Å². The zero-order valence-corrected chi connectivity index (χ0v) is 8.06. The molecule has 0 fully saturated rings. The SMILES string of the molecule is OCCCCNc1ccc(F)c(F)c1F. The maximum atomic E-state index is 13.0. The zero-order valence-electron chi connectivity index (χ0n) is 8.06. The van der Waals surface area contributed by atoms with Crippen molar-refractivity contribution < 1.29 is 18.3 Å². The lowest BCUT2D eigenvalue weighted by atomic mass is 10.2. The van der Waals surface area contributed by atoms with Gasteiger partial charge in [0.05, 0.1) is 5.69 Å². The summed E-state index contributed by atoms with van der Waals surface area (Å²) < 4.78 is 38.3. The van der Waals surface area contributed by atoms with Gasteiger partial charge in [-0.15, -0.1) is 0 Å². The van der Waals surface area contributed by atoms with Gasteiger partial charge in [0.1, 0.15) is 0 Å². The topological polar surface area (TPSA) is 32.3 Å². The lowest BCUT2D eigenvalue weighted by molar-refractivity contribution is 0.286. The van der Waals surface area contributed by atoms with Crippen molar-refractivity contribution in [2.24, 2.45) is 0 Å². The first kappa shape index (κ1) is 11.8. The van der Waals surface area contributed by atoms with Crippen molar-refractivity contribution in [1.29, 1.82) is 0 Å². The Labute approximate surface area is 85.7 Å². The van der Waals surface area contributed by atoms with E-state index < -0.39 is 17.5 Å². The minimum Gasteiger partial charge on any atom is -0.396 e. The first-order valence-corrected chi connectivity index (χ1v) is 4.65. The summed E-state index contributed by atoms with van der Waals surface area (Å²) in [6.45, 7) is 0.463. The summed E-state index contributed by atoms with van der Waals surface area (Å²) in [4.78, 5) is 0. The molecule has 0 heterocycles. The molecule has 0 amide bonds. The molecule has 0 bridgehead atoms. The smallest absolute Gasteiger partial charge is 0.196 e. The molecule has 0 saturated carbocycles. The van der Waals surface area contributed by atoms with Gasteiger partial charge in [-0.05, 0) is 25.0 Å². The van der Waals surface area contributed by atoms with Crippen LogP contribution < -0.4 is 5.32 Å². The molecule has 0 atom stereocenters. The molecule has 0 saturated heterocycles. The molecule has 2 N–H and O–H groups in total. The molecule has 0 aliphatic rings. The van der Waals surface area contributed by atoms with Crippen molar-refractivity contribution in [2.45, 2.75) is 12.8 Å². The van der Waals surface area contributed by atoms with Crippen LogP contribution in [0.3, 0.4) is 0 Å². The Bertz CT molecular complexity index is 331. The van der Waals surface area contributed by atoms with Crippen molar-refractivity contribution in [3.8, 4) is 0 Å². The molecule has 15 heavy (non-hydrogen) atoms. The Morgan fingerprint density at radius 3 is 2.47 bits per heavy atom. The van der Waals surface area contributed by atoms with E-state index >= 15 is 0 Å². The lowest BCUT2D eigenvalue weighted by Crippen LogP contribution is -2.06. The van der Waals surface area contributed by atoms with Gasteiger partial charge in [-0.1, -0.05) is 0 Å². The summed E-state index contributed by atoms with van der Waals surface area (Å²) in [6, 6.07) is 2.01. The van der Waals surface area contributed by atoms with Crippen LogP contribution in [-0.4, -0.2) is 18.3 Å². The number of rotatable bonds is 5. The van der Waals surface area contributed by atoms with Gasteiger partial charge in [0.25, 0.3) is 0 Å². The number of aliphatic hydroxyl groups is 1.